The highest BCUT2D eigenvalue weighted by Gasteiger charge is 2.17. The third-order valence-corrected chi connectivity index (χ3v) is 4.24. The zero-order valence-corrected chi connectivity index (χ0v) is 15.0. The number of aromatic nitrogens is 2. The molecule has 1 heterocycles. The number of hydrogen-bond acceptors (Lipinski definition) is 7. The van der Waals surface area contributed by atoms with E-state index < -0.39 is 5.97 Å². The lowest BCUT2D eigenvalue weighted by Gasteiger charge is -2.07. The summed E-state index contributed by atoms with van der Waals surface area (Å²) in [5, 5.41) is 15.7. The number of hydrogen-bond donors (Lipinski definition) is 1. The third-order valence-electron chi connectivity index (χ3n) is 4.24. The van der Waals surface area contributed by atoms with Gasteiger partial charge in [0.2, 0.25) is 5.82 Å². The molecule has 0 aliphatic rings. The quantitative estimate of drug-likeness (QED) is 0.527. The second-order valence-corrected chi connectivity index (χ2v) is 6.00. The minimum atomic E-state index is -0.676. The molecule has 0 atom stereocenters. The van der Waals surface area contributed by atoms with Crippen LogP contribution in [0.5, 0.6) is 11.5 Å². The molecule has 7 heteroatoms. The number of ether oxygens (including phenoxy) is 2. The number of phenolic OH excluding ortho intramolecular Hbond substituents is 1. The fourth-order valence-corrected chi connectivity index (χ4v) is 2.82. The molecule has 140 valence electrons. The average molecular weight is 376 g/mol. The summed E-state index contributed by atoms with van der Waals surface area (Å²) in [5.41, 5.74) is 0.791. The van der Waals surface area contributed by atoms with Crippen LogP contribution in [0.4, 0.5) is 0 Å². The van der Waals surface area contributed by atoms with Crippen LogP contribution in [0.25, 0.3) is 22.2 Å². The zero-order chi connectivity index (χ0) is 19.5. The van der Waals surface area contributed by atoms with Crippen molar-refractivity contribution in [2.75, 3.05) is 7.11 Å². The Hall–Kier alpha value is -3.87. The first kappa shape index (κ1) is 17.5. The maximum Gasteiger partial charge on any atom is 0.342 e. The number of benzene rings is 3. The number of phenols is 1. The van der Waals surface area contributed by atoms with E-state index in [-0.39, 0.29) is 23.8 Å². The van der Waals surface area contributed by atoms with Crippen molar-refractivity contribution in [1.29, 1.82) is 0 Å². The van der Waals surface area contributed by atoms with Gasteiger partial charge >= 0.3 is 5.97 Å². The van der Waals surface area contributed by atoms with Gasteiger partial charge in [0.15, 0.2) is 6.61 Å². The second kappa shape index (κ2) is 7.40. The van der Waals surface area contributed by atoms with E-state index in [2.05, 4.69) is 10.1 Å². The van der Waals surface area contributed by atoms with Crippen LogP contribution >= 0.6 is 0 Å². The van der Waals surface area contributed by atoms with E-state index in [9.17, 15) is 9.90 Å². The van der Waals surface area contributed by atoms with Gasteiger partial charge in [-0.3, -0.25) is 0 Å². The van der Waals surface area contributed by atoms with Crippen molar-refractivity contribution in [1.82, 2.24) is 10.1 Å². The predicted molar refractivity (Wildman–Crippen MR) is 101 cm³/mol. The van der Waals surface area contributed by atoms with Gasteiger partial charge in [0.25, 0.3) is 5.89 Å². The second-order valence-electron chi connectivity index (χ2n) is 6.00. The van der Waals surface area contributed by atoms with Crippen molar-refractivity contribution >= 4 is 16.7 Å². The normalized spacial score (nSPS) is 10.8. The Morgan fingerprint density at radius 1 is 1.11 bits per heavy atom. The first-order chi connectivity index (χ1) is 13.7. The van der Waals surface area contributed by atoms with Gasteiger partial charge in [0.05, 0.1) is 7.11 Å². The van der Waals surface area contributed by atoms with Gasteiger partial charge in [-0.25, -0.2) is 4.79 Å². The molecule has 28 heavy (non-hydrogen) atoms. The molecule has 3 aromatic carbocycles. The molecule has 0 saturated heterocycles. The first-order valence-corrected chi connectivity index (χ1v) is 8.50. The van der Waals surface area contributed by atoms with Gasteiger partial charge in [0, 0.05) is 10.9 Å². The van der Waals surface area contributed by atoms with Crippen molar-refractivity contribution in [2.45, 2.75) is 6.61 Å². The van der Waals surface area contributed by atoms with E-state index >= 15 is 0 Å². The Morgan fingerprint density at radius 3 is 2.82 bits per heavy atom. The van der Waals surface area contributed by atoms with Crippen LogP contribution in [0.15, 0.2) is 65.2 Å². The van der Waals surface area contributed by atoms with Crippen molar-refractivity contribution in [3.05, 3.63) is 72.1 Å². The number of fused-ring (bicyclic) bond motifs is 1. The predicted octanol–water partition coefficient (Wildman–Crippen LogP) is 3.96. The SMILES string of the molecule is COc1cccc(-c2noc(COC(=O)c3ccc4ccccc4c3O)n2)c1. The minimum absolute atomic E-state index is 0.0752. The van der Waals surface area contributed by atoms with Crippen molar-refractivity contribution in [3.8, 4) is 22.9 Å². The lowest BCUT2D eigenvalue weighted by Crippen LogP contribution is -2.06. The van der Waals surface area contributed by atoms with Crippen LogP contribution in [-0.2, 0) is 11.3 Å². The van der Waals surface area contributed by atoms with Gasteiger partial charge in [-0.1, -0.05) is 47.6 Å². The topological polar surface area (TPSA) is 94.7 Å². The van der Waals surface area contributed by atoms with E-state index in [0.29, 0.717) is 22.5 Å². The van der Waals surface area contributed by atoms with E-state index in [1.807, 2.05) is 30.3 Å². The summed E-state index contributed by atoms with van der Waals surface area (Å²) in [6, 6.07) is 17.7. The Morgan fingerprint density at radius 2 is 1.96 bits per heavy atom. The number of aromatic hydroxyl groups is 1. The lowest BCUT2D eigenvalue weighted by molar-refractivity contribution is 0.0427. The highest BCUT2D eigenvalue weighted by atomic mass is 16.6. The van der Waals surface area contributed by atoms with Crippen LogP contribution in [0.3, 0.4) is 0 Å². The zero-order valence-electron chi connectivity index (χ0n) is 15.0. The van der Waals surface area contributed by atoms with E-state index in [1.54, 1.807) is 31.4 Å². The van der Waals surface area contributed by atoms with E-state index in [1.165, 1.54) is 6.07 Å². The number of methoxy groups -OCH3 is 1. The number of carbonyl (C=O) groups excluding carboxylic acids is 1. The van der Waals surface area contributed by atoms with Gasteiger partial charge in [-0.05, 0) is 23.6 Å². The molecule has 1 N–H and O–H groups in total. The van der Waals surface area contributed by atoms with Crippen LogP contribution < -0.4 is 4.74 Å². The molecular formula is C21H16N2O5. The summed E-state index contributed by atoms with van der Waals surface area (Å²) < 4.78 is 15.5. The molecule has 4 aromatic rings. The van der Waals surface area contributed by atoms with Gasteiger partial charge in [-0.2, -0.15) is 4.98 Å². The van der Waals surface area contributed by atoms with Crippen LogP contribution in [0, 0.1) is 0 Å². The van der Waals surface area contributed by atoms with Crippen LogP contribution in [-0.4, -0.2) is 28.3 Å². The highest BCUT2D eigenvalue weighted by molar-refractivity contribution is 6.01. The molecule has 7 nitrogen and oxygen atoms in total. The highest BCUT2D eigenvalue weighted by Crippen LogP contribution is 2.29. The third kappa shape index (κ3) is 3.37. The minimum Gasteiger partial charge on any atom is -0.506 e. The molecule has 0 aliphatic heterocycles. The largest absolute Gasteiger partial charge is 0.506 e. The van der Waals surface area contributed by atoms with Gasteiger partial charge in [-0.15, -0.1) is 0 Å². The summed E-state index contributed by atoms with van der Waals surface area (Å²) in [6.07, 6.45) is 0. The van der Waals surface area contributed by atoms with Crippen LogP contribution in [0.2, 0.25) is 0 Å². The smallest absolute Gasteiger partial charge is 0.342 e. The summed E-state index contributed by atoms with van der Waals surface area (Å²) in [7, 11) is 1.57. The standard InChI is InChI=1S/C21H16N2O5/c1-26-15-7-4-6-14(11-15)20-22-18(28-23-20)12-27-21(25)17-10-9-13-5-2-3-8-16(13)19(17)24/h2-11,24H,12H2,1H3. The number of rotatable bonds is 5. The Bertz CT molecular complexity index is 1150. The maximum absolute atomic E-state index is 12.4. The number of esters is 1. The summed E-state index contributed by atoms with van der Waals surface area (Å²) >= 11 is 0. The summed E-state index contributed by atoms with van der Waals surface area (Å²) in [6.45, 7) is -0.206. The molecule has 0 aliphatic carbocycles. The first-order valence-electron chi connectivity index (χ1n) is 8.50. The molecular weight excluding hydrogens is 360 g/mol. The molecule has 0 fully saturated rings. The Kier molecular flexibility index (Phi) is 4.63. The lowest BCUT2D eigenvalue weighted by atomic mass is 10.1. The molecule has 0 radical (unpaired) electrons. The molecule has 0 unspecified atom stereocenters. The fourth-order valence-electron chi connectivity index (χ4n) is 2.82. The number of nitrogens with zero attached hydrogens (tertiary/aromatic N) is 2. The van der Waals surface area contributed by atoms with Crippen molar-refractivity contribution < 1.29 is 23.9 Å². The summed E-state index contributed by atoms with van der Waals surface area (Å²) in [5.74, 6) is 0.377. The molecule has 0 amide bonds. The van der Waals surface area contributed by atoms with Gasteiger partial charge < -0.3 is 19.1 Å². The molecule has 1 aromatic heterocycles. The Balaban J connectivity index is 1.48. The molecule has 0 saturated carbocycles. The van der Waals surface area contributed by atoms with Crippen molar-refractivity contribution in [2.24, 2.45) is 0 Å². The maximum atomic E-state index is 12.4. The van der Waals surface area contributed by atoms with E-state index in [4.69, 9.17) is 14.0 Å². The summed E-state index contributed by atoms with van der Waals surface area (Å²) in [4.78, 5) is 16.6. The Labute approximate surface area is 160 Å². The molecule has 0 bridgehead atoms. The average Bonchev–Trinajstić information content (AvgIpc) is 3.22. The van der Waals surface area contributed by atoms with E-state index in [0.717, 1.165) is 5.39 Å². The molecule has 4 rings (SSSR count). The fraction of sp³-hybridized carbons (Fsp3) is 0.0952. The molecule has 0 spiro atoms. The monoisotopic (exact) mass is 376 g/mol. The number of carbonyl (C=O) groups is 1. The van der Waals surface area contributed by atoms with Crippen molar-refractivity contribution in [3.63, 3.8) is 0 Å². The van der Waals surface area contributed by atoms with Crippen LogP contribution in [0.1, 0.15) is 16.2 Å². The van der Waals surface area contributed by atoms with Gasteiger partial charge in [0.1, 0.15) is 17.1 Å².